The zero-order valence-electron chi connectivity index (χ0n) is 9.09. The van der Waals surface area contributed by atoms with Gasteiger partial charge in [-0.2, -0.15) is 0 Å². The average Bonchev–Trinajstić information content (AvgIpc) is 2.83. The number of thiazole rings is 1. The Morgan fingerprint density at radius 1 is 1.35 bits per heavy atom. The van der Waals surface area contributed by atoms with Gasteiger partial charge in [-0.05, 0) is 17.7 Å². The van der Waals surface area contributed by atoms with Crippen LogP contribution in [0.1, 0.15) is 10.4 Å². The van der Waals surface area contributed by atoms with Crippen LogP contribution < -0.4 is 5.32 Å². The summed E-state index contributed by atoms with van der Waals surface area (Å²) < 4.78 is 0. The number of thiol groups is 1. The second kappa shape index (κ2) is 5.84. The number of rotatable bonds is 4. The van der Waals surface area contributed by atoms with Crippen molar-refractivity contribution in [1.82, 2.24) is 10.3 Å². The number of benzene rings is 1. The molecule has 0 unspecified atom stereocenters. The van der Waals surface area contributed by atoms with Crippen molar-refractivity contribution in [3.63, 3.8) is 0 Å². The van der Waals surface area contributed by atoms with Crippen LogP contribution in [0.5, 0.6) is 0 Å². The van der Waals surface area contributed by atoms with Crippen molar-refractivity contribution in [3.8, 4) is 0 Å². The molecule has 0 fully saturated rings. The molecule has 0 spiro atoms. The molecular formula is C12H12N2OS2. The fraction of sp³-hybridized carbons (Fsp3) is 0.167. The van der Waals surface area contributed by atoms with Gasteiger partial charge in [0.25, 0.3) is 0 Å². The molecule has 1 N–H and O–H groups in total. The van der Waals surface area contributed by atoms with E-state index in [9.17, 15) is 4.79 Å². The predicted molar refractivity (Wildman–Crippen MR) is 71.4 cm³/mol. The van der Waals surface area contributed by atoms with Gasteiger partial charge in [-0.25, -0.2) is 0 Å². The lowest BCUT2D eigenvalue weighted by Crippen LogP contribution is -2.24. The Bertz CT molecular complexity index is 480. The lowest BCUT2D eigenvalue weighted by Gasteiger charge is -2.03. The Morgan fingerprint density at radius 2 is 2.12 bits per heavy atom. The minimum absolute atomic E-state index is 0.0188. The molecule has 1 heterocycles. The first-order chi connectivity index (χ1) is 8.24. The third-order valence-corrected chi connectivity index (χ3v) is 3.32. The molecule has 0 saturated heterocycles. The van der Waals surface area contributed by atoms with E-state index in [1.165, 1.54) is 11.3 Å². The molecule has 1 aromatic heterocycles. The minimum atomic E-state index is 0.0188. The topological polar surface area (TPSA) is 42.0 Å². The van der Waals surface area contributed by atoms with Gasteiger partial charge in [0.15, 0.2) is 0 Å². The number of nitrogens with zero attached hydrogens (tertiary/aromatic N) is 1. The first kappa shape index (κ1) is 12.1. The largest absolute Gasteiger partial charge is 0.351 e. The number of hydrogen-bond acceptors (Lipinski definition) is 4. The summed E-state index contributed by atoms with van der Waals surface area (Å²) in [5.41, 5.74) is 2.75. The number of nitrogens with one attached hydrogen (secondary N) is 1. The summed E-state index contributed by atoms with van der Waals surface area (Å²) in [4.78, 5) is 17.6. The maximum absolute atomic E-state index is 11.6. The van der Waals surface area contributed by atoms with E-state index in [0.29, 0.717) is 13.0 Å². The van der Waals surface area contributed by atoms with Gasteiger partial charge >= 0.3 is 0 Å². The summed E-state index contributed by atoms with van der Waals surface area (Å²) in [5, 5.41) is 2.86. The zero-order chi connectivity index (χ0) is 12.1. The van der Waals surface area contributed by atoms with Gasteiger partial charge in [-0.3, -0.25) is 9.78 Å². The monoisotopic (exact) mass is 264 g/mol. The van der Waals surface area contributed by atoms with Gasteiger partial charge in [0, 0.05) is 16.0 Å². The van der Waals surface area contributed by atoms with Crippen LogP contribution in [0.4, 0.5) is 0 Å². The molecule has 3 nitrogen and oxygen atoms in total. The number of carbonyl (C=O) groups is 1. The zero-order valence-corrected chi connectivity index (χ0v) is 10.8. The molecule has 1 amide bonds. The molecule has 2 aromatic rings. The van der Waals surface area contributed by atoms with Gasteiger partial charge in [0.1, 0.15) is 0 Å². The van der Waals surface area contributed by atoms with E-state index in [2.05, 4.69) is 22.9 Å². The molecule has 17 heavy (non-hydrogen) atoms. The van der Waals surface area contributed by atoms with Gasteiger partial charge in [0.2, 0.25) is 5.91 Å². The number of hydrogen-bond donors (Lipinski definition) is 2. The maximum atomic E-state index is 11.6. The van der Waals surface area contributed by atoms with Crippen molar-refractivity contribution in [2.45, 2.75) is 17.9 Å². The molecule has 0 saturated carbocycles. The maximum Gasteiger partial charge on any atom is 0.224 e. The highest BCUT2D eigenvalue weighted by Gasteiger charge is 2.03. The lowest BCUT2D eigenvalue weighted by atomic mass is 10.1. The minimum Gasteiger partial charge on any atom is -0.351 e. The second-order valence-corrected chi connectivity index (χ2v) is 5.07. The summed E-state index contributed by atoms with van der Waals surface area (Å²) in [6.07, 6.45) is 2.16. The molecule has 0 aliphatic rings. The van der Waals surface area contributed by atoms with Crippen molar-refractivity contribution in [3.05, 3.63) is 46.4 Å². The van der Waals surface area contributed by atoms with Gasteiger partial charge < -0.3 is 5.32 Å². The van der Waals surface area contributed by atoms with E-state index in [1.54, 1.807) is 11.7 Å². The quantitative estimate of drug-likeness (QED) is 0.832. The fourth-order valence-corrected chi connectivity index (χ4v) is 2.06. The first-order valence-corrected chi connectivity index (χ1v) is 6.49. The second-order valence-electron chi connectivity index (χ2n) is 3.59. The standard InChI is InChI=1S/C12H12N2OS2/c15-12(14-7-11-6-13-8-17-11)5-9-1-3-10(16)4-2-9/h1-4,6,8,16H,5,7H2,(H,14,15). The number of amides is 1. The Kier molecular flexibility index (Phi) is 4.17. The van der Waals surface area contributed by atoms with Crippen molar-refractivity contribution < 1.29 is 4.79 Å². The summed E-state index contributed by atoms with van der Waals surface area (Å²) in [6.45, 7) is 0.550. The first-order valence-electron chi connectivity index (χ1n) is 5.16. The van der Waals surface area contributed by atoms with Crippen molar-refractivity contribution in [2.75, 3.05) is 0 Å². The summed E-state index contributed by atoms with van der Waals surface area (Å²) >= 11 is 5.74. The Labute approximate surface area is 109 Å². The molecule has 0 bridgehead atoms. The van der Waals surface area contributed by atoms with E-state index < -0.39 is 0 Å². The van der Waals surface area contributed by atoms with Crippen LogP contribution in [-0.2, 0) is 17.8 Å². The van der Waals surface area contributed by atoms with E-state index in [1.807, 2.05) is 24.3 Å². The molecule has 1 aromatic carbocycles. The number of carbonyl (C=O) groups excluding carboxylic acids is 1. The van der Waals surface area contributed by atoms with E-state index >= 15 is 0 Å². The molecule has 0 atom stereocenters. The third kappa shape index (κ3) is 3.87. The van der Waals surface area contributed by atoms with Crippen molar-refractivity contribution in [2.24, 2.45) is 0 Å². The van der Waals surface area contributed by atoms with Crippen LogP contribution in [0.15, 0.2) is 40.9 Å². The van der Waals surface area contributed by atoms with Gasteiger partial charge in [-0.15, -0.1) is 24.0 Å². The van der Waals surface area contributed by atoms with Crippen LogP contribution in [0, 0.1) is 0 Å². The van der Waals surface area contributed by atoms with Crippen molar-refractivity contribution >= 4 is 29.9 Å². The Balaban J connectivity index is 1.83. The summed E-state index contributed by atoms with van der Waals surface area (Å²) in [7, 11) is 0. The smallest absolute Gasteiger partial charge is 0.224 e. The molecule has 2 rings (SSSR count). The summed E-state index contributed by atoms with van der Waals surface area (Å²) in [5.74, 6) is 0.0188. The molecule has 0 radical (unpaired) electrons. The normalized spacial score (nSPS) is 10.2. The number of aromatic nitrogens is 1. The third-order valence-electron chi connectivity index (χ3n) is 2.24. The van der Waals surface area contributed by atoms with Crippen LogP contribution >= 0.6 is 24.0 Å². The molecule has 0 aliphatic heterocycles. The molecular weight excluding hydrogens is 252 g/mol. The molecule has 5 heteroatoms. The fourth-order valence-electron chi connectivity index (χ4n) is 1.38. The van der Waals surface area contributed by atoms with Crippen LogP contribution in [0.2, 0.25) is 0 Å². The average molecular weight is 264 g/mol. The van der Waals surface area contributed by atoms with E-state index in [-0.39, 0.29) is 5.91 Å². The van der Waals surface area contributed by atoms with Gasteiger partial charge in [0.05, 0.1) is 18.5 Å². The van der Waals surface area contributed by atoms with Crippen molar-refractivity contribution in [1.29, 1.82) is 0 Å². The predicted octanol–water partition coefficient (Wildman–Crippen LogP) is 2.29. The SMILES string of the molecule is O=C(Cc1ccc(S)cc1)NCc1cncs1. The molecule has 0 aliphatic carbocycles. The highest BCUT2D eigenvalue weighted by Crippen LogP contribution is 2.08. The molecule has 88 valence electrons. The van der Waals surface area contributed by atoms with Crippen LogP contribution in [-0.4, -0.2) is 10.9 Å². The van der Waals surface area contributed by atoms with Crippen LogP contribution in [0.25, 0.3) is 0 Å². The van der Waals surface area contributed by atoms with E-state index in [4.69, 9.17) is 0 Å². The lowest BCUT2D eigenvalue weighted by molar-refractivity contribution is -0.120. The Morgan fingerprint density at radius 3 is 2.76 bits per heavy atom. The van der Waals surface area contributed by atoms with Gasteiger partial charge in [-0.1, -0.05) is 12.1 Å². The van der Waals surface area contributed by atoms with Crippen LogP contribution in [0.3, 0.4) is 0 Å². The highest BCUT2D eigenvalue weighted by atomic mass is 32.1. The highest BCUT2D eigenvalue weighted by molar-refractivity contribution is 7.80. The summed E-state index contributed by atoms with van der Waals surface area (Å²) in [6, 6.07) is 7.59. The Hall–Kier alpha value is -1.33. The van der Waals surface area contributed by atoms with E-state index in [0.717, 1.165) is 15.3 Å².